The molecular formula is C19H31F2N3S2. The Morgan fingerprint density at radius 1 is 1.27 bits per heavy atom. The number of hydrogen-bond acceptors (Lipinski definition) is 4. The first-order chi connectivity index (χ1) is 12.2. The zero-order valence-electron chi connectivity index (χ0n) is 16.1. The largest absolute Gasteiger partial charge is 0.403 e. The highest BCUT2D eigenvalue weighted by Crippen LogP contribution is 2.35. The van der Waals surface area contributed by atoms with Gasteiger partial charge in [-0.25, -0.2) is 18.8 Å². The molecule has 0 bridgehead atoms. The van der Waals surface area contributed by atoms with Crippen LogP contribution in [0, 0.1) is 0 Å². The van der Waals surface area contributed by atoms with E-state index >= 15 is 0 Å². The van der Waals surface area contributed by atoms with Crippen LogP contribution in [0.3, 0.4) is 0 Å². The van der Waals surface area contributed by atoms with Crippen molar-refractivity contribution < 1.29 is 8.78 Å². The van der Waals surface area contributed by atoms with Gasteiger partial charge in [0, 0.05) is 29.6 Å². The Bertz CT molecular complexity index is 638. The van der Waals surface area contributed by atoms with E-state index in [0.717, 1.165) is 17.7 Å². The van der Waals surface area contributed by atoms with Crippen LogP contribution in [0.1, 0.15) is 24.0 Å². The van der Waals surface area contributed by atoms with Crippen molar-refractivity contribution in [3.05, 3.63) is 41.2 Å². The summed E-state index contributed by atoms with van der Waals surface area (Å²) >= 11 is 1.55. The van der Waals surface area contributed by atoms with Gasteiger partial charge in [-0.15, -0.1) is 11.8 Å². The molecule has 1 aromatic carbocycles. The van der Waals surface area contributed by atoms with Crippen molar-refractivity contribution in [2.75, 3.05) is 37.3 Å². The zero-order chi connectivity index (χ0) is 19.7. The van der Waals surface area contributed by atoms with Gasteiger partial charge in [-0.05, 0) is 61.3 Å². The standard InChI is InChI=1S/C19H31F2N3S2/c1-25-15-8-7-14(11-18(20)21)16(12-15)19(17(23)13-22)24-9-5-6-10-26(2,3)4/h7-8,12-13,18H,5-6,9-11,22-23H2,1-4H3. The molecule has 26 heavy (non-hydrogen) atoms. The lowest BCUT2D eigenvalue weighted by Gasteiger charge is -2.24. The number of nitrogens with two attached hydrogens (primary N) is 2. The van der Waals surface area contributed by atoms with Crippen molar-refractivity contribution in [1.82, 2.24) is 0 Å². The van der Waals surface area contributed by atoms with E-state index in [1.165, 1.54) is 12.0 Å². The van der Waals surface area contributed by atoms with Crippen LogP contribution in [-0.2, 0) is 6.42 Å². The highest BCUT2D eigenvalue weighted by Gasteiger charge is 2.16. The maximum Gasteiger partial charge on any atom is 0.242 e. The van der Waals surface area contributed by atoms with Crippen LogP contribution < -0.4 is 11.5 Å². The zero-order valence-corrected chi connectivity index (χ0v) is 17.7. The van der Waals surface area contributed by atoms with Crippen LogP contribution in [-0.4, -0.2) is 49.5 Å². The molecule has 0 saturated heterocycles. The number of unbranched alkanes of at least 4 members (excludes halogenated alkanes) is 1. The van der Waals surface area contributed by atoms with E-state index in [1.807, 2.05) is 18.4 Å². The first-order valence-electron chi connectivity index (χ1n) is 8.51. The first kappa shape index (κ1) is 22.8. The summed E-state index contributed by atoms with van der Waals surface area (Å²) in [5.74, 6) is 1.19. The monoisotopic (exact) mass is 403 g/mol. The number of aliphatic imine (C=N–C) groups is 1. The maximum atomic E-state index is 13.0. The summed E-state index contributed by atoms with van der Waals surface area (Å²) in [6.45, 7) is 0.608. The SMILES string of the molecule is CSc1ccc(CC(F)F)c(C(=NCCCCS(C)(C)C)C(N)=CN)c1. The number of alkyl halides is 2. The van der Waals surface area contributed by atoms with E-state index in [4.69, 9.17) is 11.5 Å². The molecule has 0 fully saturated rings. The number of halogens is 2. The number of thioether (sulfide) groups is 1. The van der Waals surface area contributed by atoms with E-state index in [-0.39, 0.29) is 6.42 Å². The summed E-state index contributed by atoms with van der Waals surface area (Å²) < 4.78 is 26.0. The van der Waals surface area contributed by atoms with Gasteiger partial charge in [0.15, 0.2) is 0 Å². The van der Waals surface area contributed by atoms with E-state index in [0.29, 0.717) is 29.1 Å². The minimum Gasteiger partial charge on any atom is -0.403 e. The van der Waals surface area contributed by atoms with Crippen molar-refractivity contribution in [3.63, 3.8) is 0 Å². The smallest absolute Gasteiger partial charge is 0.242 e. The average Bonchev–Trinajstić information content (AvgIpc) is 2.56. The fourth-order valence-electron chi connectivity index (χ4n) is 2.50. The predicted octanol–water partition coefficient (Wildman–Crippen LogP) is 4.24. The highest BCUT2D eigenvalue weighted by atomic mass is 32.3. The molecule has 4 N–H and O–H groups in total. The predicted molar refractivity (Wildman–Crippen MR) is 115 cm³/mol. The lowest BCUT2D eigenvalue weighted by molar-refractivity contribution is 0.149. The second kappa shape index (κ2) is 10.8. The molecule has 0 aliphatic heterocycles. The van der Waals surface area contributed by atoms with E-state index in [9.17, 15) is 8.78 Å². The van der Waals surface area contributed by atoms with Crippen molar-refractivity contribution in [2.24, 2.45) is 16.5 Å². The van der Waals surface area contributed by atoms with Crippen LogP contribution in [0.4, 0.5) is 8.78 Å². The number of hydrogen-bond donors (Lipinski definition) is 2. The number of benzene rings is 1. The van der Waals surface area contributed by atoms with Gasteiger partial charge in [0.25, 0.3) is 0 Å². The van der Waals surface area contributed by atoms with Crippen LogP contribution >= 0.6 is 21.8 Å². The molecule has 0 saturated carbocycles. The minimum absolute atomic E-state index is 0.320. The molecule has 3 nitrogen and oxygen atoms in total. The van der Waals surface area contributed by atoms with E-state index in [2.05, 4.69) is 23.8 Å². The molecule has 0 aliphatic carbocycles. The molecule has 0 aromatic heterocycles. The average molecular weight is 404 g/mol. The lowest BCUT2D eigenvalue weighted by Crippen LogP contribution is -2.18. The van der Waals surface area contributed by atoms with Gasteiger partial charge in [0.05, 0.1) is 11.4 Å². The molecule has 0 atom stereocenters. The molecule has 0 heterocycles. The van der Waals surface area contributed by atoms with Crippen molar-refractivity contribution in [1.29, 1.82) is 0 Å². The molecule has 1 aromatic rings. The van der Waals surface area contributed by atoms with Gasteiger partial charge in [0.2, 0.25) is 6.43 Å². The van der Waals surface area contributed by atoms with Crippen molar-refractivity contribution >= 4 is 27.5 Å². The van der Waals surface area contributed by atoms with Gasteiger partial charge in [-0.3, -0.25) is 4.99 Å². The third kappa shape index (κ3) is 7.99. The molecule has 0 aliphatic rings. The first-order valence-corrected chi connectivity index (χ1v) is 12.8. The fourth-order valence-corrected chi connectivity index (χ4v) is 4.01. The second-order valence-corrected chi connectivity index (χ2v) is 12.4. The van der Waals surface area contributed by atoms with Gasteiger partial charge in [0.1, 0.15) is 0 Å². The summed E-state index contributed by atoms with van der Waals surface area (Å²) in [5, 5.41) is 0. The topological polar surface area (TPSA) is 64.4 Å². The Hall–Kier alpha value is -1.21. The fraction of sp³-hybridized carbons (Fsp3) is 0.526. The molecular weight excluding hydrogens is 372 g/mol. The van der Waals surface area contributed by atoms with Crippen molar-refractivity contribution in [3.8, 4) is 0 Å². The Labute approximate surface area is 162 Å². The van der Waals surface area contributed by atoms with Gasteiger partial charge in [-0.1, -0.05) is 6.07 Å². The Morgan fingerprint density at radius 2 is 1.96 bits per heavy atom. The number of nitrogens with zero attached hydrogens (tertiary/aromatic N) is 1. The Balaban J connectivity index is 3.09. The van der Waals surface area contributed by atoms with Gasteiger partial charge in [-0.2, -0.15) is 0 Å². The molecule has 148 valence electrons. The maximum absolute atomic E-state index is 13.0. The van der Waals surface area contributed by atoms with Crippen LogP contribution in [0.5, 0.6) is 0 Å². The summed E-state index contributed by atoms with van der Waals surface area (Å²) in [6.07, 6.45) is 9.40. The normalized spacial score (nSPS) is 14.1. The van der Waals surface area contributed by atoms with E-state index in [1.54, 1.807) is 17.8 Å². The molecule has 0 radical (unpaired) electrons. The Kier molecular flexibility index (Phi) is 9.50. The molecule has 7 heteroatoms. The lowest BCUT2D eigenvalue weighted by atomic mass is 9.98. The Morgan fingerprint density at radius 3 is 2.50 bits per heavy atom. The quantitative estimate of drug-likeness (QED) is 0.349. The summed E-state index contributed by atoms with van der Waals surface area (Å²) in [6, 6.07) is 5.45. The molecule has 0 spiro atoms. The number of allylic oxidation sites excluding steroid dienone is 1. The second-order valence-electron chi connectivity index (χ2n) is 6.97. The van der Waals surface area contributed by atoms with Crippen LogP contribution in [0.2, 0.25) is 0 Å². The third-order valence-corrected chi connectivity index (χ3v) is 6.07. The molecule has 0 unspecified atom stereocenters. The van der Waals surface area contributed by atoms with Gasteiger partial charge < -0.3 is 11.5 Å². The molecule has 0 amide bonds. The summed E-state index contributed by atoms with van der Waals surface area (Å²) in [4.78, 5) is 5.60. The van der Waals surface area contributed by atoms with Crippen LogP contribution in [0.15, 0.2) is 40.0 Å². The highest BCUT2D eigenvalue weighted by molar-refractivity contribution is 8.32. The third-order valence-electron chi connectivity index (χ3n) is 3.83. The summed E-state index contributed by atoms with van der Waals surface area (Å²) in [5.41, 5.74) is 13.7. The minimum atomic E-state index is -2.42. The summed E-state index contributed by atoms with van der Waals surface area (Å²) in [7, 11) is -0.518. The number of rotatable bonds is 10. The van der Waals surface area contributed by atoms with Crippen LogP contribution in [0.25, 0.3) is 0 Å². The molecule has 1 rings (SSSR count). The van der Waals surface area contributed by atoms with E-state index < -0.39 is 16.5 Å². The van der Waals surface area contributed by atoms with Crippen molar-refractivity contribution in [2.45, 2.75) is 30.6 Å². The van der Waals surface area contributed by atoms with Gasteiger partial charge >= 0.3 is 0 Å².